The largest absolute Gasteiger partial charge is 0.463 e. The number of nitrogens with one attached hydrogen (secondary N) is 6. The molecule has 7 N–H and O–H groups in total. The van der Waals surface area contributed by atoms with Crippen LogP contribution in [-0.2, 0) is 178 Å². The fourth-order valence-corrected chi connectivity index (χ4v) is 15.7. The zero-order chi connectivity index (χ0) is 100. The molecule has 47 nitrogen and oxygen atoms in total. The smallest absolute Gasteiger partial charge is 0.321 e. The van der Waals surface area contributed by atoms with Gasteiger partial charge >= 0.3 is 56.3 Å². The summed E-state index contributed by atoms with van der Waals surface area (Å²) in [5.41, 5.74) is 2.21. The maximum atomic E-state index is 14.9. The Morgan fingerprint density at radius 2 is 0.735 bits per heavy atom. The van der Waals surface area contributed by atoms with Crippen molar-refractivity contribution in [3.8, 4) is 22.9 Å². The predicted octanol–water partition coefficient (Wildman–Crippen LogP) is 0.480. The molecule has 3 heterocycles. The molecule has 3 saturated heterocycles. The number of ether oxygens (including phenoxy) is 21. The molecule has 0 saturated carbocycles. The number of benzene rings is 2. The standard InChI is InChI=1S/C88H134N9O38P/c1-52(2)97(53(3)4)136(125-30-17-26-89)135-69-24-22-68(23-25-69)67-20-18-66(19-21-67)46-70(85(112)92-29-33-115-36-39-118-42-45-121-88-78(95-56(7)100)84(131-65(16)109)81(128-62(13)106)73(134-88)51-124-59(10)103)96(47-74(110)90-27-31-113-34-37-116-40-43-119-86-76(93-54(5)98)82(129-63(14)107)79(126-60(11)104)71(132-86)49-122-57(8)101)48-75(111)91-28-32-114-35-38-117-41-44-120-87-77(94-55(6)99)83(130-64(15)108)80(127-61(12)105)72(133-87)50-123-58(9)102/h18-25,52-53,65,70-73,76-84,86-88,109H,17,27-51H2,1-16H3,(H,90,110)(H,91,111)(H,92,112)(H,93,98)(H,94,99)(H,95,100)/t65?,70?,71?,72?,73?,76?,77?,78?,79?,80?,81?,82?,83?,84?,86-,87?,88?,136?/m1/s1. The van der Waals surface area contributed by atoms with Gasteiger partial charge in [0, 0.05) is 108 Å². The molecular formula is C88H134N9O38P. The number of nitriles is 1. The summed E-state index contributed by atoms with van der Waals surface area (Å²) in [6.07, 6.45) is -16.8. The lowest BCUT2D eigenvalue weighted by Gasteiger charge is -2.45. The Kier molecular flexibility index (Phi) is 54.4. The maximum absolute atomic E-state index is 14.9. The first-order valence-electron chi connectivity index (χ1n) is 44.4. The first-order chi connectivity index (χ1) is 64.7. The van der Waals surface area contributed by atoms with Crippen molar-refractivity contribution in [1.29, 1.82) is 5.26 Å². The van der Waals surface area contributed by atoms with E-state index >= 15 is 0 Å². The molecule has 0 radical (unpaired) electrons. The van der Waals surface area contributed by atoms with E-state index in [2.05, 4.69) is 42.6 Å². The quantitative estimate of drug-likeness (QED) is 0.0156. The van der Waals surface area contributed by atoms with Crippen LogP contribution in [0.3, 0.4) is 0 Å². The lowest BCUT2D eigenvalue weighted by Crippen LogP contribution is -2.66. The van der Waals surface area contributed by atoms with Crippen LogP contribution in [0.2, 0.25) is 0 Å². The molecule has 3 aliphatic rings. The Labute approximate surface area is 791 Å². The number of aliphatic hydroxyl groups excluding tert-OH is 1. The van der Waals surface area contributed by atoms with E-state index in [0.717, 1.165) is 66.5 Å². The monoisotopic (exact) mass is 1960 g/mol. The first kappa shape index (κ1) is 117. The molecule has 18 atom stereocenters. The van der Waals surface area contributed by atoms with Crippen molar-refractivity contribution in [3.05, 3.63) is 54.1 Å². The second-order valence-corrected chi connectivity index (χ2v) is 32.9. The molecule has 2 aromatic rings. The van der Waals surface area contributed by atoms with Gasteiger partial charge in [0.25, 0.3) is 0 Å². The number of amides is 6. The lowest BCUT2D eigenvalue weighted by molar-refractivity contribution is -0.298. The van der Waals surface area contributed by atoms with Gasteiger partial charge in [-0.3, -0.25) is 72.0 Å². The van der Waals surface area contributed by atoms with Crippen LogP contribution >= 0.6 is 8.53 Å². The molecule has 3 fully saturated rings. The van der Waals surface area contributed by atoms with Gasteiger partial charge < -0.3 is 146 Å². The molecule has 17 unspecified atom stereocenters. The highest BCUT2D eigenvalue weighted by Gasteiger charge is 2.54. The van der Waals surface area contributed by atoms with Gasteiger partial charge in [0.05, 0.1) is 137 Å². The number of aliphatic hydroxyl groups is 1. The van der Waals surface area contributed by atoms with E-state index in [1.807, 2.05) is 76.2 Å². The normalized spacial score (nSPS) is 22.0. The van der Waals surface area contributed by atoms with E-state index in [-0.39, 0.29) is 150 Å². The molecule has 0 bridgehead atoms. The molecular weight excluding hydrogens is 1820 g/mol. The SMILES string of the molecule is CC(=O)NC1C(OCCOCCOCCNC(=O)CN(CC(=O)NCCOCCOCCO[C@@H]2OC(COC(C)=O)C(OC(C)=O)C(OC(C)=O)C2NC(C)=O)C(Cc2ccc(-c3ccc(OP(OCCC#N)N(C(C)C)C(C)C)cc3)cc2)C(=O)NCCOCCOCCOC2OC(COC(C)=O)C(OC(C)=O)C(OC(C)O)C2NC(C)=O)OC(COC(C)=O)C(OC(C)=O)C1OC(C)=O. The molecule has 764 valence electrons. The van der Waals surface area contributed by atoms with Crippen LogP contribution in [-0.4, -0.2) is 372 Å². The van der Waals surface area contributed by atoms with Crippen molar-refractivity contribution in [2.45, 2.75) is 240 Å². The van der Waals surface area contributed by atoms with Crippen LogP contribution in [0.5, 0.6) is 5.75 Å². The highest BCUT2D eigenvalue weighted by atomic mass is 31.2. The van der Waals surface area contributed by atoms with Gasteiger partial charge in [-0.25, -0.2) is 4.67 Å². The molecule has 136 heavy (non-hydrogen) atoms. The number of carbonyl (C=O) groups excluding carboxylic acids is 14. The fourth-order valence-electron chi connectivity index (χ4n) is 14.2. The molecule has 48 heteroatoms. The van der Waals surface area contributed by atoms with Gasteiger partial charge in [-0.05, 0) is 69.9 Å². The third kappa shape index (κ3) is 44.7. The van der Waals surface area contributed by atoms with E-state index < -0.39 is 229 Å². The summed E-state index contributed by atoms with van der Waals surface area (Å²) in [6, 6.07) is 12.1. The van der Waals surface area contributed by atoms with Crippen molar-refractivity contribution in [1.82, 2.24) is 41.5 Å². The number of esters is 8. The van der Waals surface area contributed by atoms with Gasteiger partial charge in [-0.2, -0.15) is 5.26 Å². The van der Waals surface area contributed by atoms with Crippen LogP contribution in [0.1, 0.15) is 123 Å². The van der Waals surface area contributed by atoms with Gasteiger partial charge in [-0.1, -0.05) is 36.4 Å². The summed E-state index contributed by atoms with van der Waals surface area (Å²) in [4.78, 5) is 179. The van der Waals surface area contributed by atoms with E-state index in [0.29, 0.717) is 11.3 Å². The molecule has 0 spiro atoms. The topological polar surface area (TPSA) is 574 Å². The fraction of sp³-hybridized carbons (Fsp3) is 0.693. The van der Waals surface area contributed by atoms with Crippen LogP contribution in [0.15, 0.2) is 48.5 Å². The van der Waals surface area contributed by atoms with Crippen LogP contribution in [0.4, 0.5) is 0 Å². The number of rotatable bonds is 63. The zero-order valence-corrected chi connectivity index (χ0v) is 80.7. The average Bonchev–Trinajstić information content (AvgIpc) is 0.791. The zero-order valence-electron chi connectivity index (χ0n) is 79.8. The van der Waals surface area contributed by atoms with E-state index in [1.54, 1.807) is 0 Å². The second-order valence-electron chi connectivity index (χ2n) is 31.5. The molecule has 0 aliphatic carbocycles. The van der Waals surface area contributed by atoms with E-state index in [1.165, 1.54) is 32.6 Å². The molecule has 3 aliphatic heterocycles. The summed E-state index contributed by atoms with van der Waals surface area (Å²) in [7, 11) is -1.60. The van der Waals surface area contributed by atoms with E-state index in [9.17, 15) is 77.5 Å². The van der Waals surface area contributed by atoms with Gasteiger partial charge in [0.2, 0.25) is 35.4 Å². The Morgan fingerprint density at radius 1 is 0.412 bits per heavy atom. The predicted molar refractivity (Wildman–Crippen MR) is 472 cm³/mol. The Morgan fingerprint density at radius 3 is 1.07 bits per heavy atom. The van der Waals surface area contributed by atoms with Crippen LogP contribution < -0.4 is 36.4 Å². The van der Waals surface area contributed by atoms with Crippen molar-refractivity contribution >= 4 is 91.7 Å². The molecule has 0 aromatic heterocycles. The van der Waals surface area contributed by atoms with Gasteiger partial charge in [0.15, 0.2) is 55.7 Å². The van der Waals surface area contributed by atoms with Crippen molar-refractivity contribution in [2.24, 2.45) is 0 Å². The average molecular weight is 1960 g/mol. The number of hydrogen-bond acceptors (Lipinski definition) is 41. The molecule has 2 aromatic carbocycles. The van der Waals surface area contributed by atoms with Crippen molar-refractivity contribution in [2.75, 3.05) is 158 Å². The highest BCUT2D eigenvalue weighted by molar-refractivity contribution is 7.45. The highest BCUT2D eigenvalue weighted by Crippen LogP contribution is 2.47. The Hall–Kier alpha value is -9.94. The third-order valence-electron chi connectivity index (χ3n) is 19.4. The number of nitrogens with zero attached hydrogens (tertiary/aromatic N) is 3. The summed E-state index contributed by atoms with van der Waals surface area (Å²) in [6.45, 7) is 19.0. The maximum Gasteiger partial charge on any atom is 0.321 e. The minimum Gasteiger partial charge on any atom is -0.463 e. The van der Waals surface area contributed by atoms with Gasteiger partial charge in [-0.15, -0.1) is 0 Å². The summed E-state index contributed by atoms with van der Waals surface area (Å²) < 4.78 is 134. The number of hydrogen-bond donors (Lipinski definition) is 7. The summed E-state index contributed by atoms with van der Waals surface area (Å²) in [5, 5.41) is 36.0. The third-order valence-corrected chi connectivity index (χ3v) is 21.5. The second kappa shape index (κ2) is 63.5. The number of carbonyl (C=O) groups is 14. The van der Waals surface area contributed by atoms with Gasteiger partial charge in [0.1, 0.15) is 68.1 Å². The summed E-state index contributed by atoms with van der Waals surface area (Å²) >= 11 is 0. The van der Waals surface area contributed by atoms with Crippen LogP contribution in [0.25, 0.3) is 11.1 Å². The minimum atomic E-state index is -1.60. The van der Waals surface area contributed by atoms with Crippen molar-refractivity contribution in [3.63, 3.8) is 0 Å². The molecule has 6 amide bonds. The van der Waals surface area contributed by atoms with Crippen molar-refractivity contribution < 1.29 is 181 Å². The van der Waals surface area contributed by atoms with Crippen LogP contribution in [0, 0.1) is 11.3 Å². The lowest BCUT2D eigenvalue weighted by atomic mass is 9.96. The Balaban J connectivity index is 1.32. The molecule has 5 rings (SSSR count). The van der Waals surface area contributed by atoms with E-state index in [4.69, 9.17) is 109 Å². The minimum absolute atomic E-state index is 0.00318. The Bertz CT molecular complexity index is 3960. The summed E-state index contributed by atoms with van der Waals surface area (Å²) in [5.74, 6) is -8.93. The first-order valence-corrected chi connectivity index (χ1v) is 45.6.